The van der Waals surface area contributed by atoms with Crippen molar-refractivity contribution >= 4 is 21.9 Å². The molecule has 7 rings (SSSR count). The van der Waals surface area contributed by atoms with Gasteiger partial charge in [-0.3, -0.25) is 0 Å². The average molecular weight is 531 g/mol. The van der Waals surface area contributed by atoms with Crippen LogP contribution in [-0.2, 0) is 7.05 Å². The van der Waals surface area contributed by atoms with Gasteiger partial charge in [-0.2, -0.15) is 5.26 Å². The van der Waals surface area contributed by atoms with Crippen molar-refractivity contribution in [2.45, 2.75) is 6.92 Å². The van der Waals surface area contributed by atoms with Gasteiger partial charge in [-0.1, -0.05) is 72.8 Å². The van der Waals surface area contributed by atoms with Gasteiger partial charge in [0.2, 0.25) is 5.69 Å². The molecule has 3 heterocycles. The third kappa shape index (κ3) is 4.12. The molecule has 4 aromatic carbocycles. The summed E-state index contributed by atoms with van der Waals surface area (Å²) in [6, 6.07) is 36.0. The minimum atomic E-state index is 0.391. The summed E-state index contributed by atoms with van der Waals surface area (Å²) in [6.07, 6.45) is 2.02. The van der Waals surface area contributed by atoms with Crippen LogP contribution in [-0.4, -0.2) is 15.0 Å². The fraction of sp³-hybridized carbons (Fsp3) is 0.0571. The summed E-state index contributed by atoms with van der Waals surface area (Å²) in [6.45, 7) is 2.08. The Morgan fingerprint density at radius 2 is 1.20 bits per heavy atom. The predicted octanol–water partition coefficient (Wildman–Crippen LogP) is 7.44. The van der Waals surface area contributed by atoms with Crippen molar-refractivity contribution in [3.05, 3.63) is 120 Å². The molecule has 0 N–H and O–H groups in total. The van der Waals surface area contributed by atoms with Gasteiger partial charge in [0.1, 0.15) is 24.3 Å². The number of pyridine rings is 1. The standard InChI is InChI=1S/C35H24N5O/c1-22-16-18-26-27-19-17-25(21-36)30(32(27)41-31(26)29(22)28-15-9-10-20-40(28)2)35-38-33(23-11-5-3-6-12-23)37-34(39-35)24-13-7-4-8-14-24/h3-20H,1-2H3/q+1. The number of aryl methyl sites for hydroxylation is 2. The third-order valence-electron chi connectivity index (χ3n) is 7.37. The second-order valence-electron chi connectivity index (χ2n) is 9.95. The summed E-state index contributed by atoms with van der Waals surface area (Å²) < 4.78 is 8.81. The molecular formula is C35H24N5O+. The summed E-state index contributed by atoms with van der Waals surface area (Å²) >= 11 is 0. The van der Waals surface area contributed by atoms with E-state index in [2.05, 4.69) is 35.8 Å². The van der Waals surface area contributed by atoms with Crippen molar-refractivity contribution in [1.29, 1.82) is 5.26 Å². The van der Waals surface area contributed by atoms with Crippen molar-refractivity contribution in [3.63, 3.8) is 0 Å². The fourth-order valence-corrected chi connectivity index (χ4v) is 5.34. The van der Waals surface area contributed by atoms with Crippen LogP contribution in [0.25, 0.3) is 67.4 Å². The number of furan rings is 1. The number of rotatable bonds is 4. The molecule has 0 saturated carbocycles. The minimum absolute atomic E-state index is 0.391. The number of hydrogen-bond donors (Lipinski definition) is 0. The lowest BCUT2D eigenvalue weighted by molar-refractivity contribution is -0.660. The molecule has 0 bridgehead atoms. The Morgan fingerprint density at radius 1 is 0.634 bits per heavy atom. The Kier molecular flexibility index (Phi) is 5.84. The first-order valence-corrected chi connectivity index (χ1v) is 13.3. The van der Waals surface area contributed by atoms with Crippen molar-refractivity contribution in [1.82, 2.24) is 15.0 Å². The number of fused-ring (bicyclic) bond motifs is 3. The average Bonchev–Trinajstić information content (AvgIpc) is 3.40. The van der Waals surface area contributed by atoms with E-state index in [1.54, 1.807) is 0 Å². The smallest absolute Gasteiger partial charge is 0.216 e. The van der Waals surface area contributed by atoms with Crippen LogP contribution in [0.5, 0.6) is 0 Å². The molecule has 0 saturated heterocycles. The highest BCUT2D eigenvalue weighted by molar-refractivity contribution is 6.13. The van der Waals surface area contributed by atoms with Gasteiger partial charge >= 0.3 is 0 Å². The zero-order valence-corrected chi connectivity index (χ0v) is 22.5. The topological polar surface area (TPSA) is 79.5 Å². The number of benzene rings is 4. The van der Waals surface area contributed by atoms with Crippen LogP contribution in [0, 0.1) is 18.3 Å². The van der Waals surface area contributed by atoms with Crippen LogP contribution in [0.4, 0.5) is 0 Å². The maximum absolute atomic E-state index is 10.2. The quantitative estimate of drug-likeness (QED) is 0.221. The van der Waals surface area contributed by atoms with Crippen LogP contribution in [0.3, 0.4) is 0 Å². The van der Waals surface area contributed by atoms with Crippen LogP contribution in [0.15, 0.2) is 114 Å². The zero-order valence-electron chi connectivity index (χ0n) is 22.5. The summed E-state index contributed by atoms with van der Waals surface area (Å²) in [5, 5.41) is 12.1. The zero-order chi connectivity index (χ0) is 27.9. The van der Waals surface area contributed by atoms with Gasteiger partial charge in [0.15, 0.2) is 23.7 Å². The molecule has 0 amide bonds. The summed E-state index contributed by atoms with van der Waals surface area (Å²) in [4.78, 5) is 14.6. The summed E-state index contributed by atoms with van der Waals surface area (Å²) in [5.74, 6) is 1.45. The molecule has 194 valence electrons. The first-order valence-electron chi connectivity index (χ1n) is 13.3. The van der Waals surface area contributed by atoms with Crippen LogP contribution >= 0.6 is 0 Å². The third-order valence-corrected chi connectivity index (χ3v) is 7.37. The van der Waals surface area contributed by atoms with E-state index in [-0.39, 0.29) is 0 Å². The monoisotopic (exact) mass is 530 g/mol. The molecule has 6 heteroatoms. The molecule has 0 spiro atoms. The second-order valence-corrected chi connectivity index (χ2v) is 9.95. The Labute approximate surface area is 236 Å². The van der Waals surface area contributed by atoms with Gasteiger partial charge in [-0.15, -0.1) is 0 Å². The highest BCUT2D eigenvalue weighted by Gasteiger charge is 2.24. The molecule has 0 unspecified atom stereocenters. The Hall–Kier alpha value is -5.67. The number of aromatic nitrogens is 4. The summed E-state index contributed by atoms with van der Waals surface area (Å²) in [7, 11) is 2.02. The van der Waals surface area contributed by atoms with Crippen molar-refractivity contribution in [2.24, 2.45) is 7.05 Å². The fourth-order valence-electron chi connectivity index (χ4n) is 5.34. The van der Waals surface area contributed by atoms with E-state index in [0.717, 1.165) is 44.3 Å². The normalized spacial score (nSPS) is 11.1. The minimum Gasteiger partial charge on any atom is -0.454 e. The first kappa shape index (κ1) is 24.4. The van der Waals surface area contributed by atoms with Gasteiger partial charge in [0.25, 0.3) is 0 Å². The Morgan fingerprint density at radius 3 is 1.80 bits per heavy atom. The molecule has 3 aromatic heterocycles. The van der Waals surface area contributed by atoms with Crippen molar-refractivity contribution < 1.29 is 8.98 Å². The van der Waals surface area contributed by atoms with E-state index in [9.17, 15) is 5.26 Å². The second kappa shape index (κ2) is 9.82. The number of hydrogen-bond acceptors (Lipinski definition) is 5. The molecule has 0 fully saturated rings. The van der Waals surface area contributed by atoms with Crippen molar-refractivity contribution in [3.8, 4) is 51.5 Å². The Balaban J connectivity index is 1.56. The molecule has 6 nitrogen and oxygen atoms in total. The van der Waals surface area contributed by atoms with Crippen LogP contribution < -0.4 is 4.57 Å². The predicted molar refractivity (Wildman–Crippen MR) is 159 cm³/mol. The molecule has 0 aliphatic rings. The lowest BCUT2D eigenvalue weighted by Gasteiger charge is -2.09. The molecule has 0 aliphatic heterocycles. The van der Waals surface area contributed by atoms with Gasteiger partial charge < -0.3 is 4.42 Å². The van der Waals surface area contributed by atoms with E-state index in [1.807, 2.05) is 98.2 Å². The van der Waals surface area contributed by atoms with Crippen LogP contribution in [0.2, 0.25) is 0 Å². The van der Waals surface area contributed by atoms with Gasteiger partial charge in [0.05, 0.1) is 16.7 Å². The van der Waals surface area contributed by atoms with E-state index < -0.39 is 0 Å². The van der Waals surface area contributed by atoms with E-state index >= 15 is 0 Å². The van der Waals surface area contributed by atoms with Crippen LogP contribution in [0.1, 0.15) is 11.1 Å². The molecule has 0 aliphatic carbocycles. The Bertz CT molecular complexity index is 2070. The highest BCUT2D eigenvalue weighted by atomic mass is 16.3. The highest BCUT2D eigenvalue weighted by Crippen LogP contribution is 2.41. The molecular weight excluding hydrogens is 506 g/mol. The SMILES string of the molecule is Cc1ccc2c(oc3c(-c4nc(-c5ccccc5)nc(-c5ccccc5)n4)c(C#N)ccc32)c1-c1cccc[n+]1C. The lowest BCUT2D eigenvalue weighted by atomic mass is 9.99. The van der Waals surface area contributed by atoms with Gasteiger partial charge in [-0.05, 0) is 30.7 Å². The maximum Gasteiger partial charge on any atom is 0.216 e. The summed E-state index contributed by atoms with van der Waals surface area (Å²) in [5.41, 5.74) is 7.19. The van der Waals surface area contributed by atoms with E-state index in [1.165, 1.54) is 0 Å². The maximum atomic E-state index is 10.2. The molecule has 7 aromatic rings. The van der Waals surface area contributed by atoms with E-state index in [0.29, 0.717) is 34.2 Å². The molecule has 41 heavy (non-hydrogen) atoms. The number of nitriles is 1. The number of nitrogens with zero attached hydrogens (tertiary/aromatic N) is 5. The molecule has 0 atom stereocenters. The van der Waals surface area contributed by atoms with Gasteiger partial charge in [-0.25, -0.2) is 19.5 Å². The molecule has 0 radical (unpaired) electrons. The first-order chi connectivity index (χ1) is 20.1. The van der Waals surface area contributed by atoms with Crippen molar-refractivity contribution in [2.75, 3.05) is 0 Å². The van der Waals surface area contributed by atoms with Gasteiger partial charge in [0, 0.05) is 34.0 Å². The largest absolute Gasteiger partial charge is 0.454 e. The van der Waals surface area contributed by atoms with E-state index in [4.69, 9.17) is 19.4 Å². The lowest BCUT2D eigenvalue weighted by Crippen LogP contribution is -2.30.